The summed E-state index contributed by atoms with van der Waals surface area (Å²) >= 11 is 3.38. The second-order valence-corrected chi connectivity index (χ2v) is 5.55. The summed E-state index contributed by atoms with van der Waals surface area (Å²) in [6.45, 7) is 0. The molecule has 2 rings (SSSR count). The monoisotopic (exact) mass is 348 g/mol. The molecular weight excluding hydrogens is 332 g/mol. The molecule has 0 atom stereocenters. The van der Waals surface area contributed by atoms with Gasteiger partial charge >= 0.3 is 0 Å². The Bertz CT molecular complexity index is 627. The third kappa shape index (κ3) is 4.49. The summed E-state index contributed by atoms with van der Waals surface area (Å²) in [5, 5.41) is 2.87. The summed E-state index contributed by atoms with van der Waals surface area (Å²) in [6, 6.07) is 13.0. The van der Waals surface area contributed by atoms with Crippen LogP contribution in [-0.2, 0) is 11.2 Å². The minimum absolute atomic E-state index is 0.0526. The Balaban J connectivity index is 1.95. The standard InChI is InChI=1S/C16H17BrN2O2/c1-21-15-8-5-12(17)10-14(15)19-16(20)9-4-11-2-6-13(18)7-3-11/h2-3,5-8,10H,4,9,18H2,1H3,(H,19,20). The molecule has 4 nitrogen and oxygen atoms in total. The van der Waals surface area contributed by atoms with E-state index >= 15 is 0 Å². The van der Waals surface area contributed by atoms with Crippen LogP contribution in [-0.4, -0.2) is 13.0 Å². The molecule has 0 aliphatic rings. The van der Waals surface area contributed by atoms with Crippen LogP contribution >= 0.6 is 15.9 Å². The van der Waals surface area contributed by atoms with E-state index < -0.39 is 0 Å². The summed E-state index contributed by atoms with van der Waals surface area (Å²) in [7, 11) is 1.58. The number of amides is 1. The van der Waals surface area contributed by atoms with Gasteiger partial charge in [0, 0.05) is 16.6 Å². The number of anilines is 2. The predicted molar refractivity (Wildman–Crippen MR) is 88.5 cm³/mol. The van der Waals surface area contributed by atoms with Crippen molar-refractivity contribution < 1.29 is 9.53 Å². The van der Waals surface area contributed by atoms with Gasteiger partial charge in [0.1, 0.15) is 5.75 Å². The lowest BCUT2D eigenvalue weighted by molar-refractivity contribution is -0.116. The first-order chi connectivity index (χ1) is 10.1. The van der Waals surface area contributed by atoms with Gasteiger partial charge in [-0.3, -0.25) is 4.79 Å². The van der Waals surface area contributed by atoms with E-state index in [9.17, 15) is 4.79 Å². The molecule has 1 amide bonds. The quantitative estimate of drug-likeness (QED) is 0.811. The van der Waals surface area contributed by atoms with Crippen molar-refractivity contribution in [2.24, 2.45) is 0 Å². The van der Waals surface area contributed by atoms with Crippen LogP contribution in [0.2, 0.25) is 0 Å². The van der Waals surface area contributed by atoms with Crippen LogP contribution < -0.4 is 15.8 Å². The lowest BCUT2D eigenvalue weighted by Gasteiger charge is -2.10. The summed E-state index contributed by atoms with van der Waals surface area (Å²) in [6.07, 6.45) is 1.07. The van der Waals surface area contributed by atoms with Crippen molar-refractivity contribution in [3.8, 4) is 5.75 Å². The number of hydrogen-bond acceptors (Lipinski definition) is 3. The fraction of sp³-hybridized carbons (Fsp3) is 0.188. The first-order valence-corrected chi connectivity index (χ1v) is 7.35. The second-order valence-electron chi connectivity index (χ2n) is 4.63. The van der Waals surface area contributed by atoms with E-state index in [4.69, 9.17) is 10.5 Å². The van der Waals surface area contributed by atoms with Crippen molar-refractivity contribution in [3.63, 3.8) is 0 Å². The molecule has 0 aliphatic carbocycles. The van der Waals surface area contributed by atoms with Gasteiger partial charge in [0.05, 0.1) is 12.8 Å². The number of carbonyl (C=O) groups excluding carboxylic acids is 1. The first-order valence-electron chi connectivity index (χ1n) is 6.56. The Hall–Kier alpha value is -2.01. The topological polar surface area (TPSA) is 64.3 Å². The predicted octanol–water partition coefficient (Wildman–Crippen LogP) is 3.61. The van der Waals surface area contributed by atoms with E-state index in [0.29, 0.717) is 24.3 Å². The zero-order valence-electron chi connectivity index (χ0n) is 11.7. The van der Waals surface area contributed by atoms with Crippen LogP contribution in [0, 0.1) is 0 Å². The summed E-state index contributed by atoms with van der Waals surface area (Å²) in [5.41, 5.74) is 8.10. The summed E-state index contributed by atoms with van der Waals surface area (Å²) in [5.74, 6) is 0.585. The Labute approximate surface area is 132 Å². The van der Waals surface area contributed by atoms with Crippen LogP contribution in [0.1, 0.15) is 12.0 Å². The fourth-order valence-electron chi connectivity index (χ4n) is 1.93. The number of methoxy groups -OCH3 is 1. The van der Waals surface area contributed by atoms with Crippen molar-refractivity contribution >= 4 is 33.2 Å². The number of aryl methyl sites for hydroxylation is 1. The highest BCUT2D eigenvalue weighted by Gasteiger charge is 2.08. The van der Waals surface area contributed by atoms with Gasteiger partial charge in [0.2, 0.25) is 5.91 Å². The Morgan fingerprint density at radius 3 is 2.62 bits per heavy atom. The molecule has 110 valence electrons. The molecule has 2 aromatic rings. The number of benzene rings is 2. The average Bonchev–Trinajstić information content (AvgIpc) is 2.47. The van der Waals surface area contributed by atoms with Crippen molar-refractivity contribution in [2.75, 3.05) is 18.2 Å². The van der Waals surface area contributed by atoms with Crippen molar-refractivity contribution in [3.05, 3.63) is 52.5 Å². The van der Waals surface area contributed by atoms with Gasteiger partial charge in [-0.1, -0.05) is 28.1 Å². The number of nitrogens with one attached hydrogen (secondary N) is 1. The SMILES string of the molecule is COc1ccc(Br)cc1NC(=O)CCc1ccc(N)cc1. The van der Waals surface area contributed by atoms with Crippen LogP contribution in [0.25, 0.3) is 0 Å². The van der Waals surface area contributed by atoms with Gasteiger partial charge in [-0.25, -0.2) is 0 Å². The van der Waals surface area contributed by atoms with Crippen LogP contribution in [0.3, 0.4) is 0 Å². The molecule has 0 spiro atoms. The largest absolute Gasteiger partial charge is 0.495 e. The number of hydrogen-bond donors (Lipinski definition) is 2. The maximum absolute atomic E-state index is 12.0. The number of rotatable bonds is 5. The third-order valence-electron chi connectivity index (χ3n) is 3.06. The van der Waals surface area contributed by atoms with Gasteiger partial charge in [-0.05, 0) is 42.3 Å². The van der Waals surface area contributed by atoms with E-state index in [0.717, 1.165) is 15.7 Å². The molecule has 0 bridgehead atoms. The second kappa shape index (κ2) is 7.13. The van der Waals surface area contributed by atoms with Gasteiger partial charge in [0.15, 0.2) is 0 Å². The molecule has 0 saturated carbocycles. The highest BCUT2D eigenvalue weighted by Crippen LogP contribution is 2.28. The molecule has 0 heterocycles. The molecular formula is C16H17BrN2O2. The Morgan fingerprint density at radius 2 is 1.95 bits per heavy atom. The van der Waals surface area contributed by atoms with Crippen molar-refractivity contribution in [1.82, 2.24) is 0 Å². The Morgan fingerprint density at radius 1 is 1.24 bits per heavy atom. The number of carbonyl (C=O) groups is 1. The normalized spacial score (nSPS) is 10.2. The first kappa shape index (κ1) is 15.4. The van der Waals surface area contributed by atoms with Gasteiger partial charge in [-0.2, -0.15) is 0 Å². The molecule has 0 saturated heterocycles. The van der Waals surface area contributed by atoms with E-state index in [1.165, 1.54) is 0 Å². The summed E-state index contributed by atoms with van der Waals surface area (Å²) in [4.78, 5) is 12.0. The highest BCUT2D eigenvalue weighted by molar-refractivity contribution is 9.10. The average molecular weight is 349 g/mol. The maximum Gasteiger partial charge on any atom is 0.224 e. The smallest absolute Gasteiger partial charge is 0.224 e. The number of nitrogens with two attached hydrogens (primary N) is 1. The van der Waals surface area contributed by atoms with E-state index in [2.05, 4.69) is 21.2 Å². The molecule has 0 radical (unpaired) electrons. The van der Waals surface area contributed by atoms with E-state index in [-0.39, 0.29) is 5.91 Å². The third-order valence-corrected chi connectivity index (χ3v) is 3.55. The van der Waals surface area contributed by atoms with Crippen LogP contribution in [0.5, 0.6) is 5.75 Å². The molecule has 2 aromatic carbocycles. The molecule has 3 N–H and O–H groups in total. The van der Waals surface area contributed by atoms with Crippen molar-refractivity contribution in [1.29, 1.82) is 0 Å². The number of ether oxygens (including phenoxy) is 1. The molecule has 21 heavy (non-hydrogen) atoms. The molecule has 0 aliphatic heterocycles. The molecule has 0 unspecified atom stereocenters. The number of nitrogen functional groups attached to an aromatic ring is 1. The van der Waals surface area contributed by atoms with Gasteiger partial charge in [0.25, 0.3) is 0 Å². The molecule has 0 aromatic heterocycles. The fourth-order valence-corrected chi connectivity index (χ4v) is 2.29. The minimum Gasteiger partial charge on any atom is -0.495 e. The lowest BCUT2D eigenvalue weighted by Crippen LogP contribution is -2.13. The van der Waals surface area contributed by atoms with Crippen LogP contribution in [0.15, 0.2) is 46.9 Å². The Kier molecular flexibility index (Phi) is 5.22. The zero-order valence-corrected chi connectivity index (χ0v) is 13.3. The maximum atomic E-state index is 12.0. The van der Waals surface area contributed by atoms with E-state index in [1.54, 1.807) is 13.2 Å². The molecule has 0 fully saturated rings. The van der Waals surface area contributed by atoms with Gasteiger partial charge in [-0.15, -0.1) is 0 Å². The number of halogens is 1. The summed E-state index contributed by atoms with van der Waals surface area (Å²) < 4.78 is 6.11. The zero-order chi connectivity index (χ0) is 15.2. The highest BCUT2D eigenvalue weighted by atomic mass is 79.9. The minimum atomic E-state index is -0.0526. The van der Waals surface area contributed by atoms with Crippen LogP contribution in [0.4, 0.5) is 11.4 Å². The van der Waals surface area contributed by atoms with E-state index in [1.807, 2.05) is 36.4 Å². The lowest BCUT2D eigenvalue weighted by atomic mass is 10.1. The van der Waals surface area contributed by atoms with Gasteiger partial charge < -0.3 is 15.8 Å². The van der Waals surface area contributed by atoms with Crippen molar-refractivity contribution in [2.45, 2.75) is 12.8 Å². The molecule has 5 heteroatoms.